The first-order valence-electron chi connectivity index (χ1n) is 6.87. The van der Waals surface area contributed by atoms with Crippen LogP contribution in [-0.2, 0) is 20.9 Å². The third kappa shape index (κ3) is 3.00. The van der Waals surface area contributed by atoms with Gasteiger partial charge in [-0.05, 0) is 0 Å². The first-order chi connectivity index (χ1) is 11.2. The molecule has 6 N–H and O–H groups in total. The molecule has 3 heterocycles. The number of phosphoric ester groups is 1. The van der Waals surface area contributed by atoms with Crippen LogP contribution in [0, 0.1) is 0 Å². The van der Waals surface area contributed by atoms with Gasteiger partial charge in [0.15, 0.2) is 11.7 Å². The Labute approximate surface area is 135 Å². The Morgan fingerprint density at radius 2 is 2.12 bits per heavy atom. The molecule has 132 valence electrons. The number of fused-ring (bicyclic) bond motifs is 1. The third-order valence-corrected chi connectivity index (χ3v) is 4.25. The smallest absolute Gasteiger partial charge is 0.387 e. The Hall–Kier alpha value is -1.66. The topological polar surface area (TPSA) is 177 Å². The number of aliphatic hydroxyl groups is 2. The van der Waals surface area contributed by atoms with Crippen molar-refractivity contribution in [1.29, 1.82) is 0 Å². The number of ether oxygens (including phenoxy) is 1. The maximum absolute atomic E-state index is 10.8. The van der Waals surface area contributed by atoms with Crippen LogP contribution in [0.5, 0.6) is 0 Å². The molecule has 4 atom stereocenters. The minimum atomic E-state index is -4.72. The minimum Gasteiger partial charge on any atom is -0.387 e. The van der Waals surface area contributed by atoms with Crippen molar-refractivity contribution in [2.45, 2.75) is 24.5 Å². The van der Waals surface area contributed by atoms with Crippen molar-refractivity contribution in [1.82, 2.24) is 14.5 Å². The second-order valence-corrected chi connectivity index (χ2v) is 6.64. The van der Waals surface area contributed by atoms with Crippen molar-refractivity contribution in [3.63, 3.8) is 0 Å². The molecule has 2 aromatic rings. The molecular formula is C11H17N5O7P+. The van der Waals surface area contributed by atoms with Crippen molar-refractivity contribution in [2.24, 2.45) is 7.05 Å². The van der Waals surface area contributed by atoms with Gasteiger partial charge in [-0.1, -0.05) is 4.98 Å². The summed E-state index contributed by atoms with van der Waals surface area (Å²) >= 11 is 0. The molecular weight excluding hydrogens is 345 g/mol. The van der Waals surface area contributed by atoms with E-state index in [1.54, 1.807) is 11.6 Å². The number of rotatable bonds is 4. The fourth-order valence-electron chi connectivity index (χ4n) is 2.49. The average Bonchev–Trinajstić information content (AvgIpc) is 3.04. The highest BCUT2D eigenvalue weighted by Gasteiger charge is 2.45. The molecule has 1 fully saturated rings. The SMILES string of the molecule is C[n+]1cnc2c(ncn2[C@@H]2OC(COP(=O)(O)O)[C@@H](O)[C@H]2O)c1N. The van der Waals surface area contributed by atoms with Crippen molar-refractivity contribution in [3.05, 3.63) is 12.7 Å². The van der Waals surface area contributed by atoms with E-state index in [0.717, 1.165) is 0 Å². The van der Waals surface area contributed by atoms with Crippen LogP contribution in [0.1, 0.15) is 6.23 Å². The number of nitrogen functional groups attached to an aromatic ring is 1. The van der Waals surface area contributed by atoms with E-state index in [-0.39, 0.29) is 0 Å². The summed E-state index contributed by atoms with van der Waals surface area (Å²) in [7, 11) is -3.02. The Morgan fingerprint density at radius 1 is 1.42 bits per heavy atom. The summed E-state index contributed by atoms with van der Waals surface area (Å²) in [5.74, 6) is 0.355. The monoisotopic (exact) mass is 362 g/mol. The lowest BCUT2D eigenvalue weighted by Gasteiger charge is -2.15. The standard InChI is InChI=1S/C11H16N5O7P/c1-15-3-14-10-6(9(15)12)13-4-16(10)11-8(18)7(17)5(23-11)2-22-24(19,20)21/h3-5,7-8,11-12,17-18H,2H2,1H3,(H2,19,20,21)/p+1/t5?,7-,8-,11-/m1/s1. The van der Waals surface area contributed by atoms with E-state index in [4.69, 9.17) is 20.3 Å². The Morgan fingerprint density at radius 3 is 2.79 bits per heavy atom. The molecule has 24 heavy (non-hydrogen) atoms. The molecule has 2 aromatic heterocycles. The molecule has 1 aliphatic rings. The van der Waals surface area contributed by atoms with E-state index in [9.17, 15) is 14.8 Å². The van der Waals surface area contributed by atoms with Gasteiger partial charge >= 0.3 is 7.82 Å². The summed E-state index contributed by atoms with van der Waals surface area (Å²) in [5, 5.41) is 20.2. The van der Waals surface area contributed by atoms with Crippen LogP contribution in [0.3, 0.4) is 0 Å². The van der Waals surface area contributed by atoms with Gasteiger partial charge in [0.1, 0.15) is 24.6 Å². The number of nitrogens with two attached hydrogens (primary N) is 1. The van der Waals surface area contributed by atoms with Crippen LogP contribution in [0.15, 0.2) is 12.7 Å². The van der Waals surface area contributed by atoms with Crippen molar-refractivity contribution < 1.29 is 38.4 Å². The quantitative estimate of drug-likeness (QED) is 0.290. The maximum atomic E-state index is 10.8. The van der Waals surface area contributed by atoms with Crippen LogP contribution < -0.4 is 10.3 Å². The third-order valence-electron chi connectivity index (χ3n) is 3.76. The Balaban J connectivity index is 1.88. The first-order valence-corrected chi connectivity index (χ1v) is 8.40. The molecule has 13 heteroatoms. The molecule has 1 saturated heterocycles. The van der Waals surface area contributed by atoms with Gasteiger partial charge in [-0.2, -0.15) is 0 Å². The van der Waals surface area contributed by atoms with E-state index >= 15 is 0 Å². The zero-order valence-electron chi connectivity index (χ0n) is 12.5. The Kier molecular flexibility index (Phi) is 4.30. The molecule has 1 aliphatic heterocycles. The summed E-state index contributed by atoms with van der Waals surface area (Å²) in [6.07, 6.45) is -2.16. The van der Waals surface area contributed by atoms with Gasteiger partial charge in [-0.25, -0.2) is 14.1 Å². The van der Waals surface area contributed by atoms with E-state index in [0.29, 0.717) is 17.0 Å². The van der Waals surface area contributed by atoms with Gasteiger partial charge in [0.25, 0.3) is 5.82 Å². The van der Waals surface area contributed by atoms with E-state index in [2.05, 4.69) is 14.5 Å². The molecule has 3 rings (SSSR count). The second-order valence-electron chi connectivity index (χ2n) is 5.40. The highest BCUT2D eigenvalue weighted by atomic mass is 31.2. The summed E-state index contributed by atoms with van der Waals surface area (Å²) in [5.41, 5.74) is 6.62. The van der Waals surface area contributed by atoms with Gasteiger partial charge in [-0.3, -0.25) is 9.09 Å². The number of phosphoric acid groups is 1. The van der Waals surface area contributed by atoms with Gasteiger partial charge in [0, 0.05) is 0 Å². The fourth-order valence-corrected chi connectivity index (χ4v) is 2.83. The number of aliphatic hydroxyl groups excluding tert-OH is 2. The molecule has 0 saturated carbocycles. The maximum Gasteiger partial charge on any atom is 0.469 e. The summed E-state index contributed by atoms with van der Waals surface area (Å²) in [6, 6.07) is 0. The molecule has 0 aromatic carbocycles. The lowest BCUT2D eigenvalue weighted by molar-refractivity contribution is -0.658. The van der Waals surface area contributed by atoms with Gasteiger partial charge in [-0.15, -0.1) is 0 Å². The summed E-state index contributed by atoms with van der Waals surface area (Å²) in [4.78, 5) is 25.7. The van der Waals surface area contributed by atoms with Gasteiger partial charge < -0.3 is 30.5 Å². The van der Waals surface area contributed by atoms with Crippen molar-refractivity contribution >= 4 is 24.8 Å². The molecule has 0 spiro atoms. The first kappa shape index (κ1) is 17.2. The summed E-state index contributed by atoms with van der Waals surface area (Å²) < 4.78 is 23.5. The van der Waals surface area contributed by atoms with Crippen molar-refractivity contribution in [2.75, 3.05) is 12.3 Å². The number of aromatic nitrogens is 4. The zero-order chi connectivity index (χ0) is 17.6. The highest BCUT2D eigenvalue weighted by Crippen LogP contribution is 2.38. The molecule has 12 nitrogen and oxygen atoms in total. The van der Waals surface area contributed by atoms with Gasteiger partial charge in [0.05, 0.1) is 13.7 Å². The Bertz CT molecular complexity index is 807. The number of nitrogens with zero attached hydrogens (tertiary/aromatic N) is 4. The predicted molar refractivity (Wildman–Crippen MR) is 77.0 cm³/mol. The van der Waals surface area contributed by atoms with Crippen LogP contribution in [0.25, 0.3) is 11.2 Å². The van der Waals surface area contributed by atoms with E-state index in [1.165, 1.54) is 17.2 Å². The normalized spacial score (nSPS) is 27.9. The molecule has 0 bridgehead atoms. The van der Waals surface area contributed by atoms with Crippen LogP contribution in [0.4, 0.5) is 5.82 Å². The molecule has 0 radical (unpaired) electrons. The van der Waals surface area contributed by atoms with E-state index < -0.39 is 39.0 Å². The average molecular weight is 362 g/mol. The molecule has 0 aliphatic carbocycles. The van der Waals surface area contributed by atoms with Crippen LogP contribution in [0.2, 0.25) is 0 Å². The fraction of sp³-hybridized carbons (Fsp3) is 0.545. The molecule has 0 amide bonds. The number of hydrogen-bond acceptors (Lipinski definition) is 8. The number of imidazole rings is 1. The zero-order valence-corrected chi connectivity index (χ0v) is 13.4. The number of hydrogen-bond donors (Lipinski definition) is 5. The van der Waals surface area contributed by atoms with Crippen LogP contribution in [-0.4, -0.2) is 59.5 Å². The number of anilines is 1. The molecule has 1 unspecified atom stereocenters. The lowest BCUT2D eigenvalue weighted by atomic mass is 10.1. The van der Waals surface area contributed by atoms with Gasteiger partial charge in [0.2, 0.25) is 12.0 Å². The second kappa shape index (κ2) is 6.01. The lowest BCUT2D eigenvalue weighted by Crippen LogP contribution is -2.34. The minimum absolute atomic E-state index is 0.332. The van der Waals surface area contributed by atoms with Crippen molar-refractivity contribution in [3.8, 4) is 0 Å². The largest absolute Gasteiger partial charge is 0.469 e. The summed E-state index contributed by atoms with van der Waals surface area (Å²) in [6.45, 7) is -0.587. The number of aryl methyl sites for hydroxylation is 1. The highest BCUT2D eigenvalue weighted by molar-refractivity contribution is 7.46. The predicted octanol–water partition coefficient (Wildman–Crippen LogP) is -2.43. The van der Waals surface area contributed by atoms with E-state index in [1.807, 2.05) is 0 Å². The van der Waals surface area contributed by atoms with Crippen LogP contribution >= 0.6 is 7.82 Å².